The average Bonchev–Trinajstić information content (AvgIpc) is 2.44. The number of carbonyl (C=O) groups is 1. The van der Waals surface area contributed by atoms with Crippen molar-refractivity contribution >= 4 is 23.3 Å². The van der Waals surface area contributed by atoms with Crippen LogP contribution in [0.25, 0.3) is 0 Å². The quantitative estimate of drug-likeness (QED) is 0.586. The zero-order chi connectivity index (χ0) is 14.5. The van der Waals surface area contributed by atoms with E-state index >= 15 is 0 Å². The van der Waals surface area contributed by atoms with Crippen LogP contribution in [0.15, 0.2) is 18.2 Å². The Morgan fingerprint density at radius 3 is 2.90 bits per heavy atom. The van der Waals surface area contributed by atoms with Gasteiger partial charge in [-0.3, -0.25) is 0 Å². The fourth-order valence-electron chi connectivity index (χ4n) is 2.52. The van der Waals surface area contributed by atoms with E-state index in [9.17, 15) is 4.79 Å². The molecule has 0 spiro atoms. The van der Waals surface area contributed by atoms with Crippen LogP contribution in [-0.4, -0.2) is 18.0 Å². The number of hydrogen-bond donors (Lipinski definition) is 1. The molecule has 0 radical (unpaired) electrons. The molecule has 0 saturated heterocycles. The summed E-state index contributed by atoms with van der Waals surface area (Å²) in [5.41, 5.74) is 3.21. The number of nitrogens with zero attached hydrogens (tertiary/aromatic N) is 1. The fourth-order valence-corrected chi connectivity index (χ4v) is 2.81. The van der Waals surface area contributed by atoms with Crippen LogP contribution in [0.5, 0.6) is 0 Å². The van der Waals surface area contributed by atoms with E-state index in [0.717, 1.165) is 23.2 Å². The van der Waals surface area contributed by atoms with Gasteiger partial charge in [-0.1, -0.05) is 44.7 Å². The number of benzene rings is 1. The second-order valence-electron chi connectivity index (χ2n) is 5.52. The third-order valence-electron chi connectivity index (χ3n) is 3.80. The van der Waals surface area contributed by atoms with Gasteiger partial charge in [0.05, 0.1) is 5.38 Å². The lowest BCUT2D eigenvalue weighted by atomic mass is 10.0. The number of rotatable bonds is 6. The number of halogens is 1. The minimum absolute atomic E-state index is 0.0489. The van der Waals surface area contributed by atoms with Crippen LogP contribution in [0.2, 0.25) is 0 Å². The zero-order valence-corrected chi connectivity index (χ0v) is 13.0. The van der Waals surface area contributed by atoms with Crippen molar-refractivity contribution in [3.63, 3.8) is 0 Å². The van der Waals surface area contributed by atoms with E-state index in [2.05, 4.69) is 18.3 Å². The van der Waals surface area contributed by atoms with Crippen molar-refractivity contribution < 1.29 is 4.79 Å². The van der Waals surface area contributed by atoms with Crippen LogP contribution >= 0.6 is 11.6 Å². The highest BCUT2D eigenvalue weighted by Gasteiger charge is 2.20. The molecule has 1 aromatic rings. The van der Waals surface area contributed by atoms with Gasteiger partial charge in [0.2, 0.25) is 0 Å². The molecule has 4 heteroatoms. The molecule has 1 atom stereocenters. The van der Waals surface area contributed by atoms with Crippen LogP contribution in [0, 0.1) is 0 Å². The number of alkyl halides is 1. The molecule has 1 aliphatic heterocycles. The first-order valence-electron chi connectivity index (χ1n) is 7.41. The maximum absolute atomic E-state index is 11.6. The van der Waals surface area contributed by atoms with Gasteiger partial charge in [0, 0.05) is 19.3 Å². The summed E-state index contributed by atoms with van der Waals surface area (Å²) in [4.78, 5) is 13.2. The third kappa shape index (κ3) is 3.66. The van der Waals surface area contributed by atoms with Crippen LogP contribution in [0.1, 0.15) is 55.5 Å². The molecule has 1 N–H and O–H groups in total. The molecule has 0 aromatic heterocycles. The molecule has 2 amide bonds. The predicted octanol–water partition coefficient (Wildman–Crippen LogP) is 4.91. The predicted molar refractivity (Wildman–Crippen MR) is 84.3 cm³/mol. The first-order valence-corrected chi connectivity index (χ1v) is 7.84. The van der Waals surface area contributed by atoms with E-state index in [1.54, 1.807) is 11.9 Å². The van der Waals surface area contributed by atoms with Gasteiger partial charge >= 0.3 is 6.03 Å². The third-order valence-corrected chi connectivity index (χ3v) is 4.27. The molecule has 1 unspecified atom stereocenters. The lowest BCUT2D eigenvalue weighted by Crippen LogP contribution is -2.35. The summed E-state index contributed by atoms with van der Waals surface area (Å²) < 4.78 is 0. The number of carbonyl (C=O) groups excluding carboxylic acids is 1. The lowest BCUT2D eigenvalue weighted by Gasteiger charge is -2.26. The Bertz CT molecular complexity index is 476. The summed E-state index contributed by atoms with van der Waals surface area (Å²) in [7, 11) is 1.80. The van der Waals surface area contributed by atoms with Gasteiger partial charge in [-0.05, 0) is 23.6 Å². The summed E-state index contributed by atoms with van der Waals surface area (Å²) in [6, 6.07) is 6.08. The van der Waals surface area contributed by atoms with Gasteiger partial charge in [0.15, 0.2) is 0 Å². The molecule has 0 saturated carbocycles. The Hall–Kier alpha value is -1.22. The molecular weight excluding hydrogens is 272 g/mol. The smallest absolute Gasteiger partial charge is 0.321 e. The molecule has 1 aromatic carbocycles. The van der Waals surface area contributed by atoms with E-state index < -0.39 is 0 Å². The van der Waals surface area contributed by atoms with Gasteiger partial charge in [-0.2, -0.15) is 0 Å². The average molecular weight is 295 g/mol. The monoisotopic (exact) mass is 294 g/mol. The molecule has 0 fully saturated rings. The van der Waals surface area contributed by atoms with E-state index in [-0.39, 0.29) is 11.4 Å². The molecule has 0 bridgehead atoms. The summed E-state index contributed by atoms with van der Waals surface area (Å²) >= 11 is 6.49. The van der Waals surface area contributed by atoms with Gasteiger partial charge in [-0.15, -0.1) is 11.6 Å². The number of unbranched alkanes of at least 4 members (excludes halogenated alkanes) is 3. The first kappa shape index (κ1) is 15.2. The fraction of sp³-hybridized carbons (Fsp3) is 0.562. The van der Waals surface area contributed by atoms with Gasteiger partial charge in [0.25, 0.3) is 0 Å². The summed E-state index contributed by atoms with van der Waals surface area (Å²) in [6.45, 7) is 2.86. The molecule has 0 aliphatic carbocycles. The zero-order valence-electron chi connectivity index (χ0n) is 12.3. The van der Waals surface area contributed by atoms with Crippen molar-refractivity contribution in [2.75, 3.05) is 12.4 Å². The summed E-state index contributed by atoms with van der Waals surface area (Å²) in [6.07, 6.45) is 5.98. The van der Waals surface area contributed by atoms with E-state index in [1.807, 2.05) is 12.1 Å². The molecule has 2 rings (SSSR count). The molecule has 3 nitrogen and oxygen atoms in total. The number of fused-ring (bicyclic) bond motifs is 1. The minimum atomic E-state index is -0.0489. The van der Waals surface area contributed by atoms with Gasteiger partial charge < -0.3 is 10.2 Å². The van der Waals surface area contributed by atoms with Crippen molar-refractivity contribution in [2.24, 2.45) is 0 Å². The maximum atomic E-state index is 11.6. The number of nitrogens with one attached hydrogen (secondary N) is 1. The Balaban J connectivity index is 2.00. The Morgan fingerprint density at radius 1 is 1.35 bits per heavy atom. The largest absolute Gasteiger partial charge is 0.323 e. The molecule has 1 heterocycles. The Kier molecular flexibility index (Phi) is 5.30. The standard InChI is InChI=1S/C16H23ClN2O/c1-3-4-5-6-7-14(17)12-8-9-15-13(10-12)11-19(2)16(20)18-15/h8-10,14H,3-7,11H2,1-2H3,(H,18,20). The first-order chi connectivity index (χ1) is 9.61. The van der Waals surface area contributed by atoms with Crippen molar-refractivity contribution in [3.8, 4) is 0 Å². The highest BCUT2D eigenvalue weighted by atomic mass is 35.5. The second kappa shape index (κ2) is 6.98. The van der Waals surface area contributed by atoms with E-state index in [0.29, 0.717) is 6.54 Å². The number of amides is 2. The number of hydrogen-bond acceptors (Lipinski definition) is 1. The normalized spacial score (nSPS) is 15.8. The molecule has 20 heavy (non-hydrogen) atoms. The summed E-state index contributed by atoms with van der Waals surface area (Å²) in [5.74, 6) is 0. The number of urea groups is 1. The Morgan fingerprint density at radius 2 is 2.15 bits per heavy atom. The molecule has 110 valence electrons. The van der Waals surface area contributed by atoms with Crippen molar-refractivity contribution in [1.82, 2.24) is 4.90 Å². The van der Waals surface area contributed by atoms with Crippen molar-refractivity contribution in [3.05, 3.63) is 29.3 Å². The van der Waals surface area contributed by atoms with Crippen LogP contribution < -0.4 is 5.32 Å². The van der Waals surface area contributed by atoms with Crippen LogP contribution in [0.3, 0.4) is 0 Å². The van der Waals surface area contributed by atoms with Crippen LogP contribution in [0.4, 0.5) is 10.5 Å². The lowest BCUT2D eigenvalue weighted by molar-refractivity contribution is 0.218. The Labute approximate surface area is 126 Å². The second-order valence-corrected chi connectivity index (χ2v) is 6.05. The van der Waals surface area contributed by atoms with Crippen molar-refractivity contribution in [2.45, 2.75) is 50.9 Å². The molecular formula is C16H23ClN2O. The minimum Gasteiger partial charge on any atom is -0.323 e. The van der Waals surface area contributed by atoms with E-state index in [1.165, 1.54) is 25.7 Å². The highest BCUT2D eigenvalue weighted by molar-refractivity contribution is 6.20. The van der Waals surface area contributed by atoms with Gasteiger partial charge in [-0.25, -0.2) is 4.79 Å². The highest BCUT2D eigenvalue weighted by Crippen LogP contribution is 2.31. The molecule has 1 aliphatic rings. The number of anilines is 1. The van der Waals surface area contributed by atoms with Gasteiger partial charge in [0.1, 0.15) is 0 Å². The van der Waals surface area contributed by atoms with E-state index in [4.69, 9.17) is 11.6 Å². The summed E-state index contributed by atoms with van der Waals surface area (Å²) in [5, 5.41) is 2.95. The van der Waals surface area contributed by atoms with Crippen LogP contribution in [-0.2, 0) is 6.54 Å². The maximum Gasteiger partial charge on any atom is 0.321 e. The SMILES string of the molecule is CCCCCCC(Cl)c1ccc2c(c1)CN(C)C(=O)N2. The topological polar surface area (TPSA) is 32.3 Å². The van der Waals surface area contributed by atoms with Crippen molar-refractivity contribution in [1.29, 1.82) is 0 Å².